The van der Waals surface area contributed by atoms with Gasteiger partial charge in [-0.15, -0.1) is 0 Å². The lowest BCUT2D eigenvalue weighted by Crippen LogP contribution is -2.44. The first-order chi connectivity index (χ1) is 16.4. The third kappa shape index (κ3) is 6.19. The molecule has 4 rings (SSSR count). The van der Waals surface area contributed by atoms with Crippen LogP contribution >= 0.6 is 23.2 Å². The van der Waals surface area contributed by atoms with Crippen LogP contribution in [0.5, 0.6) is 0 Å². The summed E-state index contributed by atoms with van der Waals surface area (Å²) in [6, 6.07) is 5.43. The van der Waals surface area contributed by atoms with Gasteiger partial charge in [0, 0.05) is 38.5 Å². The number of halogens is 2. The first-order valence-electron chi connectivity index (χ1n) is 12.7. The number of hydrogen-bond acceptors (Lipinski definition) is 4. The van der Waals surface area contributed by atoms with Crippen molar-refractivity contribution in [1.82, 2.24) is 14.7 Å². The molecule has 1 aliphatic carbocycles. The molecule has 188 valence electrons. The second-order valence-corrected chi connectivity index (χ2v) is 11.0. The first kappa shape index (κ1) is 25.6. The normalized spacial score (nSPS) is 23.8. The Balaban J connectivity index is 1.44. The van der Waals surface area contributed by atoms with Gasteiger partial charge in [-0.25, -0.2) is 4.79 Å². The van der Waals surface area contributed by atoms with E-state index in [1.54, 1.807) is 18.0 Å². The number of likely N-dealkylation sites (N-methyl/N-ethyl adjacent to an activating group) is 1. The zero-order chi connectivity index (χ0) is 24.2. The van der Waals surface area contributed by atoms with Crippen LogP contribution in [0.15, 0.2) is 18.2 Å². The lowest BCUT2D eigenvalue weighted by Gasteiger charge is -2.33. The summed E-state index contributed by atoms with van der Waals surface area (Å²) < 4.78 is 5.48. The van der Waals surface area contributed by atoms with Gasteiger partial charge >= 0.3 is 6.09 Å². The average molecular weight is 511 g/mol. The molecule has 2 amide bonds. The van der Waals surface area contributed by atoms with Crippen molar-refractivity contribution >= 4 is 35.2 Å². The zero-order valence-electron chi connectivity index (χ0n) is 20.3. The summed E-state index contributed by atoms with van der Waals surface area (Å²) >= 11 is 12.5. The predicted octanol–water partition coefficient (Wildman–Crippen LogP) is 5.28. The smallest absolute Gasteiger partial charge is 0.409 e. The first-order valence-corrected chi connectivity index (χ1v) is 13.5. The van der Waals surface area contributed by atoms with E-state index >= 15 is 0 Å². The highest BCUT2D eigenvalue weighted by atomic mass is 35.5. The summed E-state index contributed by atoms with van der Waals surface area (Å²) in [5.74, 6) is 1.11. The maximum absolute atomic E-state index is 13.5. The van der Waals surface area contributed by atoms with E-state index in [9.17, 15) is 9.59 Å². The largest absolute Gasteiger partial charge is 0.449 e. The van der Waals surface area contributed by atoms with Crippen molar-refractivity contribution in [3.05, 3.63) is 33.8 Å². The van der Waals surface area contributed by atoms with Crippen LogP contribution < -0.4 is 0 Å². The van der Waals surface area contributed by atoms with Crippen molar-refractivity contribution < 1.29 is 14.3 Å². The quantitative estimate of drug-likeness (QED) is 0.447. The summed E-state index contributed by atoms with van der Waals surface area (Å²) in [6.07, 6.45) is 6.01. The van der Waals surface area contributed by atoms with Gasteiger partial charge in [0.1, 0.15) is 0 Å². The molecule has 3 fully saturated rings. The van der Waals surface area contributed by atoms with Crippen LogP contribution in [0.1, 0.15) is 56.9 Å². The number of carbonyl (C=O) groups is 2. The number of rotatable bonds is 8. The Morgan fingerprint density at radius 1 is 1.09 bits per heavy atom. The third-order valence-electron chi connectivity index (χ3n) is 7.63. The highest BCUT2D eigenvalue weighted by Gasteiger charge is 2.42. The molecule has 2 aliphatic heterocycles. The van der Waals surface area contributed by atoms with Crippen LogP contribution in [-0.4, -0.2) is 79.1 Å². The van der Waals surface area contributed by atoms with Gasteiger partial charge in [0.25, 0.3) is 0 Å². The number of benzene rings is 1. The molecule has 0 aromatic heterocycles. The van der Waals surface area contributed by atoms with Crippen LogP contribution in [0.4, 0.5) is 4.79 Å². The summed E-state index contributed by atoms with van der Waals surface area (Å²) in [5.41, 5.74) is 0.988. The molecule has 1 aromatic carbocycles. The fraction of sp³-hybridized carbons (Fsp3) is 0.692. The van der Waals surface area contributed by atoms with E-state index in [1.165, 1.54) is 19.4 Å². The lowest BCUT2D eigenvalue weighted by molar-refractivity contribution is -0.136. The van der Waals surface area contributed by atoms with Crippen LogP contribution in [0, 0.1) is 11.8 Å². The molecular formula is C26H37Cl2N3O3. The van der Waals surface area contributed by atoms with E-state index in [0.29, 0.717) is 29.7 Å². The average Bonchev–Trinajstić information content (AvgIpc) is 3.54. The lowest BCUT2D eigenvalue weighted by atomic mass is 9.93. The summed E-state index contributed by atoms with van der Waals surface area (Å²) in [5, 5.41) is 0.983. The number of likely N-dealkylation sites (tertiary alicyclic amines) is 2. The van der Waals surface area contributed by atoms with Crippen molar-refractivity contribution in [3.8, 4) is 0 Å². The van der Waals surface area contributed by atoms with Crippen LogP contribution in [0.3, 0.4) is 0 Å². The molecule has 1 aromatic rings. The van der Waals surface area contributed by atoms with E-state index < -0.39 is 0 Å². The summed E-state index contributed by atoms with van der Waals surface area (Å²) in [6.45, 7) is 6.74. The van der Waals surface area contributed by atoms with Gasteiger partial charge in [-0.2, -0.15) is 0 Å². The number of carbonyl (C=O) groups excluding carboxylic acids is 2. The van der Waals surface area contributed by atoms with Crippen molar-refractivity contribution in [2.45, 2.75) is 57.4 Å². The highest BCUT2D eigenvalue weighted by molar-refractivity contribution is 6.42. The number of ether oxygens (including phenoxy) is 1. The molecule has 34 heavy (non-hydrogen) atoms. The van der Waals surface area contributed by atoms with Crippen LogP contribution in [-0.2, 0) is 9.53 Å². The fourth-order valence-electron chi connectivity index (χ4n) is 5.26. The van der Waals surface area contributed by atoms with Gasteiger partial charge in [0.15, 0.2) is 0 Å². The number of unbranched alkanes of at least 4 members (excludes halogenated alkanes) is 1. The molecule has 2 heterocycles. The standard InChI is InChI=1S/C26H37Cl2N3O3/c1-3-4-13-34-26(33)29(2)24-17-31(16-21(24)20-7-8-22(27)23(28)14-20)25(32)19-9-11-30(12-10-19)15-18-5-6-18/h7-8,14,18-19,21,24H,3-6,9-13,15-17H2,1-2H3/t21-,24+/m1/s1. The van der Waals surface area contributed by atoms with Gasteiger partial charge in [0.2, 0.25) is 5.91 Å². The van der Waals surface area contributed by atoms with E-state index in [2.05, 4.69) is 11.8 Å². The Morgan fingerprint density at radius 3 is 2.47 bits per heavy atom. The topological polar surface area (TPSA) is 53.1 Å². The zero-order valence-corrected chi connectivity index (χ0v) is 21.9. The Kier molecular flexibility index (Phi) is 8.65. The molecule has 2 saturated heterocycles. The minimum absolute atomic E-state index is 0.0441. The van der Waals surface area contributed by atoms with Gasteiger partial charge in [0.05, 0.1) is 22.7 Å². The van der Waals surface area contributed by atoms with E-state index in [4.69, 9.17) is 27.9 Å². The third-order valence-corrected chi connectivity index (χ3v) is 8.37. The van der Waals surface area contributed by atoms with E-state index in [-0.39, 0.29) is 29.9 Å². The van der Waals surface area contributed by atoms with Gasteiger partial charge in [-0.05, 0) is 68.8 Å². The van der Waals surface area contributed by atoms with E-state index in [1.807, 2.05) is 17.0 Å². The van der Waals surface area contributed by atoms with Crippen molar-refractivity contribution in [2.75, 3.05) is 46.4 Å². The summed E-state index contributed by atoms with van der Waals surface area (Å²) in [7, 11) is 1.77. The highest BCUT2D eigenvalue weighted by Crippen LogP contribution is 2.36. The summed E-state index contributed by atoms with van der Waals surface area (Å²) in [4.78, 5) is 32.4. The molecule has 0 N–H and O–H groups in total. The van der Waals surface area contributed by atoms with Crippen LogP contribution in [0.2, 0.25) is 10.0 Å². The van der Waals surface area contributed by atoms with Crippen molar-refractivity contribution in [1.29, 1.82) is 0 Å². The number of hydrogen-bond donors (Lipinski definition) is 0. The molecule has 0 radical (unpaired) electrons. The molecule has 3 aliphatic rings. The van der Waals surface area contributed by atoms with Crippen molar-refractivity contribution in [3.63, 3.8) is 0 Å². The minimum atomic E-state index is -0.341. The van der Waals surface area contributed by atoms with Crippen molar-refractivity contribution in [2.24, 2.45) is 11.8 Å². The Labute approximate surface area is 213 Å². The molecule has 6 nitrogen and oxygen atoms in total. The fourth-order valence-corrected chi connectivity index (χ4v) is 5.56. The molecule has 1 saturated carbocycles. The Morgan fingerprint density at radius 2 is 1.82 bits per heavy atom. The second-order valence-electron chi connectivity index (χ2n) is 10.2. The number of nitrogens with zero attached hydrogens (tertiary/aromatic N) is 3. The van der Waals surface area contributed by atoms with Gasteiger partial charge in [-0.3, -0.25) is 4.79 Å². The molecule has 0 bridgehead atoms. The molecule has 2 atom stereocenters. The second kappa shape index (κ2) is 11.5. The minimum Gasteiger partial charge on any atom is -0.449 e. The van der Waals surface area contributed by atoms with Crippen LogP contribution in [0.25, 0.3) is 0 Å². The monoisotopic (exact) mass is 509 g/mol. The molecule has 0 spiro atoms. The van der Waals surface area contributed by atoms with Gasteiger partial charge in [-0.1, -0.05) is 42.6 Å². The number of amides is 2. The SMILES string of the molecule is CCCCOC(=O)N(C)[C@H]1CN(C(=O)C2CCN(CC3CC3)CC2)C[C@@H]1c1ccc(Cl)c(Cl)c1. The molecular weight excluding hydrogens is 473 g/mol. The van der Waals surface area contributed by atoms with Gasteiger partial charge < -0.3 is 19.4 Å². The Bertz CT molecular complexity index is 871. The molecule has 8 heteroatoms. The Hall–Kier alpha value is -1.50. The van der Waals surface area contributed by atoms with E-state index in [0.717, 1.165) is 50.3 Å². The number of piperidine rings is 1. The maximum Gasteiger partial charge on any atom is 0.409 e. The predicted molar refractivity (Wildman–Crippen MR) is 135 cm³/mol. The maximum atomic E-state index is 13.5. The molecule has 0 unspecified atom stereocenters.